The van der Waals surface area contributed by atoms with Crippen LogP contribution in [0.15, 0.2) is 18.3 Å². The van der Waals surface area contributed by atoms with Gasteiger partial charge in [-0.3, -0.25) is 4.98 Å². The molecule has 0 amide bonds. The molecule has 0 aromatic carbocycles. The first-order chi connectivity index (χ1) is 4.43. The highest BCUT2D eigenvalue weighted by Crippen LogP contribution is 1.94. The van der Waals surface area contributed by atoms with Gasteiger partial charge in [-0.05, 0) is 18.2 Å². The summed E-state index contributed by atoms with van der Waals surface area (Å²) in [4.78, 5) is 4.06. The Labute approximate surface area is 60.5 Å². The molecule has 1 rings (SSSR count). The summed E-state index contributed by atoms with van der Waals surface area (Å²) in [5, 5.41) is 0. The van der Waals surface area contributed by atoms with Gasteiger partial charge in [-0.25, -0.2) is 0 Å². The largest absolute Gasteiger partial charge is 0.261 e. The van der Waals surface area contributed by atoms with Crippen molar-refractivity contribution in [2.45, 2.75) is 6.42 Å². The molecule has 0 aliphatic rings. The molecule has 9 heavy (non-hydrogen) atoms. The van der Waals surface area contributed by atoms with Crippen LogP contribution in [0.25, 0.3) is 0 Å². The van der Waals surface area contributed by atoms with Gasteiger partial charge in [-0.1, -0.05) is 6.07 Å². The number of thiol groups is 1. The van der Waals surface area contributed by atoms with E-state index in [0.717, 1.165) is 17.9 Å². The number of rotatable bonds is 2. The fourth-order valence-corrected chi connectivity index (χ4v) is 0.842. The van der Waals surface area contributed by atoms with Crippen LogP contribution >= 0.6 is 12.6 Å². The summed E-state index contributed by atoms with van der Waals surface area (Å²) in [6, 6.07) is 6.68. The van der Waals surface area contributed by atoms with Crippen LogP contribution in [-0.2, 0) is 6.42 Å². The monoisotopic (exact) mass is 138 g/mol. The average Bonchev–Trinajstić information content (AvgIpc) is 1.91. The zero-order valence-corrected chi connectivity index (χ0v) is 5.94. The highest BCUT2D eigenvalue weighted by molar-refractivity contribution is 7.80. The standard InChI is InChI=1S/C7H8NS/c9-6-4-7-3-1-2-5-8-7/h1,3,5,9H,4,6H2. The fraction of sp³-hybridized carbons (Fsp3) is 0.286. The third-order valence-corrected chi connectivity index (χ3v) is 1.27. The molecule has 1 radical (unpaired) electrons. The number of aromatic nitrogens is 1. The molecule has 0 bridgehead atoms. The highest BCUT2D eigenvalue weighted by Gasteiger charge is 1.86. The van der Waals surface area contributed by atoms with Crippen molar-refractivity contribution in [1.82, 2.24) is 4.98 Å². The molecule has 0 saturated carbocycles. The molecule has 0 saturated heterocycles. The molecule has 0 aliphatic carbocycles. The lowest BCUT2D eigenvalue weighted by Gasteiger charge is -1.92. The van der Waals surface area contributed by atoms with Gasteiger partial charge in [-0.2, -0.15) is 12.6 Å². The van der Waals surface area contributed by atoms with Gasteiger partial charge in [0.2, 0.25) is 0 Å². The van der Waals surface area contributed by atoms with Crippen molar-refractivity contribution in [2.75, 3.05) is 5.75 Å². The molecule has 1 nitrogen and oxygen atoms in total. The van der Waals surface area contributed by atoms with Crippen molar-refractivity contribution in [3.63, 3.8) is 0 Å². The smallest absolute Gasteiger partial charge is 0.0412 e. The van der Waals surface area contributed by atoms with E-state index in [2.05, 4.69) is 23.7 Å². The summed E-state index contributed by atoms with van der Waals surface area (Å²) in [6.07, 6.45) is 2.62. The van der Waals surface area contributed by atoms with Gasteiger partial charge in [0.15, 0.2) is 0 Å². The third kappa shape index (κ3) is 2.06. The van der Waals surface area contributed by atoms with Crippen LogP contribution in [0.5, 0.6) is 0 Å². The molecule has 0 spiro atoms. The Morgan fingerprint density at radius 1 is 1.67 bits per heavy atom. The van der Waals surface area contributed by atoms with Crippen LogP contribution in [0.1, 0.15) is 5.69 Å². The van der Waals surface area contributed by atoms with Gasteiger partial charge >= 0.3 is 0 Å². The summed E-state index contributed by atoms with van der Waals surface area (Å²) < 4.78 is 0. The average molecular weight is 138 g/mol. The van der Waals surface area contributed by atoms with E-state index in [-0.39, 0.29) is 0 Å². The quantitative estimate of drug-likeness (QED) is 0.609. The van der Waals surface area contributed by atoms with Crippen LogP contribution in [0.3, 0.4) is 0 Å². The van der Waals surface area contributed by atoms with E-state index in [1.807, 2.05) is 12.1 Å². The maximum Gasteiger partial charge on any atom is 0.0412 e. The Hall–Kier alpha value is -0.500. The summed E-state index contributed by atoms with van der Waals surface area (Å²) >= 11 is 4.08. The van der Waals surface area contributed by atoms with Crippen molar-refractivity contribution in [3.8, 4) is 0 Å². The SMILES string of the molecule is SCCc1cc[c]cn1. The van der Waals surface area contributed by atoms with E-state index in [0.29, 0.717) is 0 Å². The molecular weight excluding hydrogens is 130 g/mol. The van der Waals surface area contributed by atoms with Crippen LogP contribution in [0.4, 0.5) is 0 Å². The molecule has 1 aromatic heterocycles. The molecule has 2 heteroatoms. The van der Waals surface area contributed by atoms with Crippen molar-refractivity contribution in [3.05, 3.63) is 30.1 Å². The molecule has 0 N–H and O–H groups in total. The highest BCUT2D eigenvalue weighted by atomic mass is 32.1. The van der Waals surface area contributed by atoms with Crippen molar-refractivity contribution >= 4 is 12.6 Å². The van der Waals surface area contributed by atoms with Gasteiger partial charge in [0.25, 0.3) is 0 Å². The van der Waals surface area contributed by atoms with Gasteiger partial charge in [0, 0.05) is 18.0 Å². The van der Waals surface area contributed by atoms with E-state index in [9.17, 15) is 0 Å². The minimum Gasteiger partial charge on any atom is -0.261 e. The van der Waals surface area contributed by atoms with Crippen molar-refractivity contribution in [1.29, 1.82) is 0 Å². The summed E-state index contributed by atoms with van der Waals surface area (Å²) in [6.45, 7) is 0. The fourth-order valence-electron chi connectivity index (χ4n) is 0.613. The molecular formula is C7H8NS. The van der Waals surface area contributed by atoms with Crippen LogP contribution < -0.4 is 0 Å². The predicted octanol–water partition coefficient (Wildman–Crippen LogP) is 1.35. The molecule has 47 valence electrons. The van der Waals surface area contributed by atoms with E-state index in [4.69, 9.17) is 0 Å². The summed E-state index contributed by atoms with van der Waals surface area (Å²) in [5.41, 5.74) is 1.09. The lowest BCUT2D eigenvalue weighted by Crippen LogP contribution is -1.88. The normalized spacial score (nSPS) is 9.44. The molecule has 0 fully saturated rings. The maximum atomic E-state index is 4.08. The van der Waals surface area contributed by atoms with Gasteiger partial charge in [-0.15, -0.1) is 0 Å². The van der Waals surface area contributed by atoms with Crippen molar-refractivity contribution in [2.24, 2.45) is 0 Å². The minimum absolute atomic E-state index is 0.858. The zero-order valence-electron chi connectivity index (χ0n) is 5.04. The minimum atomic E-state index is 0.858. The number of nitrogens with zero attached hydrogens (tertiary/aromatic N) is 1. The number of hydrogen-bond donors (Lipinski definition) is 1. The van der Waals surface area contributed by atoms with Crippen LogP contribution in [0, 0.1) is 6.07 Å². The van der Waals surface area contributed by atoms with Crippen LogP contribution in [0.2, 0.25) is 0 Å². The Bertz CT molecular complexity index is 162. The number of hydrogen-bond acceptors (Lipinski definition) is 2. The van der Waals surface area contributed by atoms with E-state index < -0.39 is 0 Å². The first-order valence-electron chi connectivity index (χ1n) is 2.85. The van der Waals surface area contributed by atoms with Gasteiger partial charge < -0.3 is 0 Å². The number of pyridine rings is 1. The second kappa shape index (κ2) is 3.51. The second-order valence-corrected chi connectivity index (χ2v) is 2.17. The predicted molar refractivity (Wildman–Crippen MR) is 40.6 cm³/mol. The Kier molecular flexibility index (Phi) is 2.58. The summed E-state index contributed by atoms with van der Waals surface area (Å²) in [7, 11) is 0. The molecule has 0 aliphatic heterocycles. The van der Waals surface area contributed by atoms with Gasteiger partial charge in [0.05, 0.1) is 0 Å². The molecule has 0 atom stereocenters. The van der Waals surface area contributed by atoms with E-state index in [1.54, 1.807) is 6.20 Å². The van der Waals surface area contributed by atoms with E-state index in [1.165, 1.54) is 0 Å². The van der Waals surface area contributed by atoms with Crippen LogP contribution in [-0.4, -0.2) is 10.7 Å². The Balaban J connectivity index is 2.61. The van der Waals surface area contributed by atoms with E-state index >= 15 is 0 Å². The Morgan fingerprint density at radius 3 is 3.11 bits per heavy atom. The third-order valence-electron chi connectivity index (χ3n) is 1.04. The molecule has 1 aromatic rings. The van der Waals surface area contributed by atoms with Crippen molar-refractivity contribution < 1.29 is 0 Å². The topological polar surface area (TPSA) is 12.9 Å². The number of aryl methyl sites for hydroxylation is 1. The lowest BCUT2D eigenvalue weighted by atomic mass is 10.3. The molecule has 0 unspecified atom stereocenters. The summed E-state index contributed by atoms with van der Waals surface area (Å²) in [5.74, 6) is 0.858. The Morgan fingerprint density at radius 2 is 2.56 bits per heavy atom. The van der Waals surface area contributed by atoms with Gasteiger partial charge in [0.1, 0.15) is 0 Å². The maximum absolute atomic E-state index is 4.08. The molecule has 1 heterocycles. The lowest BCUT2D eigenvalue weighted by molar-refractivity contribution is 1.05. The first kappa shape index (κ1) is 6.62. The first-order valence-corrected chi connectivity index (χ1v) is 3.48. The second-order valence-electron chi connectivity index (χ2n) is 1.72. The zero-order chi connectivity index (χ0) is 6.53.